The second-order valence-electron chi connectivity index (χ2n) is 13.4. The zero-order chi connectivity index (χ0) is 30.7. The van der Waals surface area contributed by atoms with Crippen LogP contribution in [0.5, 0.6) is 0 Å². The van der Waals surface area contributed by atoms with Crippen molar-refractivity contribution in [3.05, 3.63) is 46.6 Å². The highest BCUT2D eigenvalue weighted by Gasteiger charge is 2.79. The average Bonchev–Trinajstić information content (AvgIpc) is 3.21. The molecule has 2 fully saturated rings. The van der Waals surface area contributed by atoms with Gasteiger partial charge in [-0.15, -0.1) is 0 Å². The summed E-state index contributed by atoms with van der Waals surface area (Å²) in [6.07, 6.45) is 3.89. The van der Waals surface area contributed by atoms with E-state index in [1.54, 1.807) is 12.2 Å². The zero-order valence-corrected chi connectivity index (χ0v) is 24.5. The molecule has 0 aromatic rings. The van der Waals surface area contributed by atoms with Gasteiger partial charge in [0, 0.05) is 24.0 Å². The Morgan fingerprint density at radius 1 is 1.12 bits per heavy atom. The van der Waals surface area contributed by atoms with Crippen molar-refractivity contribution in [1.82, 2.24) is 10.2 Å². The summed E-state index contributed by atoms with van der Waals surface area (Å²) >= 11 is 0. The molecular formula is C32H41F5N2O3. The Morgan fingerprint density at radius 2 is 1.86 bits per heavy atom. The third kappa shape index (κ3) is 5.00. The molecule has 0 saturated heterocycles. The van der Waals surface area contributed by atoms with Gasteiger partial charge in [-0.1, -0.05) is 30.7 Å². The Bertz CT molecular complexity index is 1250. The van der Waals surface area contributed by atoms with Gasteiger partial charge < -0.3 is 15.3 Å². The average molecular weight is 597 g/mol. The van der Waals surface area contributed by atoms with Crippen molar-refractivity contribution in [2.45, 2.75) is 82.4 Å². The number of ketones is 1. The summed E-state index contributed by atoms with van der Waals surface area (Å²) in [5, 5.41) is 14.3. The quantitative estimate of drug-likeness (QED) is 0.283. The lowest BCUT2D eigenvalue weighted by molar-refractivity contribution is -0.363. The molecule has 5 aliphatic rings. The Hall–Kier alpha value is -2.33. The number of allylic oxidation sites excluding steroid dienone is 6. The van der Waals surface area contributed by atoms with E-state index in [1.807, 2.05) is 31.1 Å². The van der Waals surface area contributed by atoms with Gasteiger partial charge in [0.25, 0.3) is 5.91 Å². The number of fused-ring (bicyclic) bond motifs is 4. The highest BCUT2D eigenvalue weighted by molar-refractivity contribution is 5.96. The van der Waals surface area contributed by atoms with E-state index in [2.05, 4.69) is 5.32 Å². The first kappa shape index (κ1) is 31.1. The molecular weight excluding hydrogens is 555 g/mol. The van der Waals surface area contributed by atoms with E-state index in [9.17, 15) is 27.9 Å². The van der Waals surface area contributed by atoms with Gasteiger partial charge in [-0.3, -0.25) is 9.59 Å². The lowest BCUT2D eigenvalue weighted by Crippen LogP contribution is -2.65. The van der Waals surface area contributed by atoms with E-state index in [1.165, 1.54) is 6.92 Å². The number of carbonyl (C=O) groups is 2. The monoisotopic (exact) mass is 596 g/mol. The van der Waals surface area contributed by atoms with Crippen LogP contribution in [0, 0.1) is 29.1 Å². The number of alkyl halides is 5. The summed E-state index contributed by atoms with van der Waals surface area (Å²) in [6.45, 7) is 2.79. The number of nitrogens with one attached hydrogen (secondary N) is 1. The second kappa shape index (κ2) is 11.0. The predicted molar refractivity (Wildman–Crippen MR) is 148 cm³/mol. The SMILES string of the molecule is CN(C)CCCNC(=O)C1=CCC(C2CC3(C)[C@@H](CC[C@@]3(O)C(F)(F)C(F)(F)F)C3CCC4=CC(=O)CCC4=C23)C=C1. The molecule has 0 aliphatic heterocycles. The molecule has 5 rings (SSSR count). The maximum absolute atomic E-state index is 15.1. The lowest BCUT2D eigenvalue weighted by Gasteiger charge is -2.57. The first-order chi connectivity index (χ1) is 19.6. The van der Waals surface area contributed by atoms with Crippen LogP contribution in [-0.4, -0.2) is 66.6 Å². The van der Waals surface area contributed by atoms with Crippen molar-refractivity contribution < 1.29 is 36.6 Å². The van der Waals surface area contributed by atoms with Crippen LogP contribution in [0.4, 0.5) is 22.0 Å². The number of halogens is 5. The molecule has 10 heteroatoms. The summed E-state index contributed by atoms with van der Waals surface area (Å²) in [7, 11) is 3.91. The van der Waals surface area contributed by atoms with E-state index in [4.69, 9.17) is 0 Å². The van der Waals surface area contributed by atoms with Crippen LogP contribution in [0.2, 0.25) is 0 Å². The Kier molecular flexibility index (Phi) is 8.14. The number of hydrogen-bond acceptors (Lipinski definition) is 4. The number of hydrogen-bond donors (Lipinski definition) is 2. The Morgan fingerprint density at radius 3 is 2.50 bits per heavy atom. The number of aliphatic hydroxyl groups is 1. The summed E-state index contributed by atoms with van der Waals surface area (Å²) in [4.78, 5) is 27.0. The summed E-state index contributed by atoms with van der Waals surface area (Å²) in [6, 6.07) is 0. The van der Waals surface area contributed by atoms with E-state index in [0.717, 1.165) is 29.7 Å². The van der Waals surface area contributed by atoms with Crippen molar-refractivity contribution in [2.75, 3.05) is 27.2 Å². The third-order valence-corrected chi connectivity index (χ3v) is 10.8. The second-order valence-corrected chi connectivity index (χ2v) is 13.4. The molecule has 2 saturated carbocycles. The molecule has 0 heterocycles. The molecule has 2 N–H and O–H groups in total. The molecule has 4 unspecified atom stereocenters. The van der Waals surface area contributed by atoms with Crippen molar-refractivity contribution in [1.29, 1.82) is 0 Å². The van der Waals surface area contributed by atoms with Crippen molar-refractivity contribution in [3.8, 4) is 0 Å². The van der Waals surface area contributed by atoms with E-state index in [-0.39, 0.29) is 36.4 Å². The largest absolute Gasteiger partial charge is 0.456 e. The van der Waals surface area contributed by atoms with E-state index >= 15 is 8.78 Å². The molecule has 0 spiro atoms. The number of amides is 1. The lowest BCUT2D eigenvalue weighted by atomic mass is 9.49. The molecule has 0 aromatic heterocycles. The first-order valence-electron chi connectivity index (χ1n) is 15.1. The van der Waals surface area contributed by atoms with Crippen molar-refractivity contribution in [2.24, 2.45) is 29.1 Å². The van der Waals surface area contributed by atoms with Gasteiger partial charge in [0.05, 0.1) is 0 Å². The summed E-state index contributed by atoms with van der Waals surface area (Å²) < 4.78 is 71.6. The summed E-state index contributed by atoms with van der Waals surface area (Å²) in [5.74, 6) is -6.82. The van der Waals surface area contributed by atoms with E-state index < -0.39 is 41.4 Å². The van der Waals surface area contributed by atoms with Crippen LogP contribution in [0.25, 0.3) is 0 Å². The first-order valence-corrected chi connectivity index (χ1v) is 15.1. The zero-order valence-electron chi connectivity index (χ0n) is 24.5. The normalized spacial score (nSPS) is 35.0. The molecule has 232 valence electrons. The number of rotatable bonds is 7. The van der Waals surface area contributed by atoms with Crippen LogP contribution in [0.3, 0.4) is 0 Å². The summed E-state index contributed by atoms with van der Waals surface area (Å²) in [5.41, 5.74) is -1.31. The van der Waals surface area contributed by atoms with Crippen LogP contribution >= 0.6 is 0 Å². The predicted octanol–water partition coefficient (Wildman–Crippen LogP) is 5.92. The fraction of sp³-hybridized carbons (Fsp3) is 0.688. The van der Waals surface area contributed by atoms with Gasteiger partial charge >= 0.3 is 12.1 Å². The maximum Gasteiger partial charge on any atom is 0.456 e. The fourth-order valence-corrected chi connectivity index (χ4v) is 8.66. The van der Waals surface area contributed by atoms with Gasteiger partial charge in [-0.2, -0.15) is 22.0 Å². The maximum atomic E-state index is 15.1. The number of nitrogens with zero attached hydrogens (tertiary/aromatic N) is 1. The van der Waals surface area contributed by atoms with Crippen LogP contribution < -0.4 is 5.32 Å². The van der Waals surface area contributed by atoms with Crippen molar-refractivity contribution in [3.63, 3.8) is 0 Å². The molecule has 42 heavy (non-hydrogen) atoms. The van der Waals surface area contributed by atoms with Gasteiger partial charge in [-0.05, 0) is 113 Å². The Labute approximate surface area is 244 Å². The standard InChI is InChI=1S/C32H41F5N2O3/c1-29-18-25(19-5-7-20(8-6-19)28(41)38-15-4-16-39(2)3)27-23-12-10-22(40)17-21(23)9-11-24(27)26(29)13-14-30(29,42)31(33,34)32(35,36)37/h5,7-8,17,19,24-26,42H,4,6,9-16,18H2,1-3H3,(H,38,41)/t19?,24?,25?,26-,29?,30-/m0/s1. The van der Waals surface area contributed by atoms with Gasteiger partial charge in [-0.25, -0.2) is 0 Å². The molecule has 0 bridgehead atoms. The van der Waals surface area contributed by atoms with E-state index in [0.29, 0.717) is 44.2 Å². The molecule has 0 radical (unpaired) electrons. The highest BCUT2D eigenvalue weighted by Crippen LogP contribution is 2.70. The molecule has 5 aliphatic carbocycles. The fourth-order valence-electron chi connectivity index (χ4n) is 8.66. The Balaban J connectivity index is 1.48. The number of carbonyl (C=O) groups excluding carboxylic acids is 2. The van der Waals surface area contributed by atoms with Crippen molar-refractivity contribution >= 4 is 11.7 Å². The van der Waals surface area contributed by atoms with Gasteiger partial charge in [0.2, 0.25) is 0 Å². The van der Waals surface area contributed by atoms with Gasteiger partial charge in [0.15, 0.2) is 5.78 Å². The third-order valence-electron chi connectivity index (χ3n) is 10.8. The molecule has 0 aromatic carbocycles. The topological polar surface area (TPSA) is 69.6 Å². The molecule has 5 nitrogen and oxygen atoms in total. The minimum Gasteiger partial charge on any atom is -0.383 e. The molecule has 1 amide bonds. The van der Waals surface area contributed by atoms with Crippen LogP contribution in [-0.2, 0) is 9.59 Å². The minimum atomic E-state index is -5.87. The highest BCUT2D eigenvalue weighted by atomic mass is 19.4. The molecule has 6 atom stereocenters. The van der Waals surface area contributed by atoms with Crippen LogP contribution in [0.15, 0.2) is 46.6 Å². The van der Waals surface area contributed by atoms with Gasteiger partial charge in [0.1, 0.15) is 5.60 Å². The van der Waals surface area contributed by atoms with Crippen LogP contribution in [0.1, 0.15) is 64.7 Å². The smallest absolute Gasteiger partial charge is 0.383 e. The minimum absolute atomic E-state index is 0.0225.